The van der Waals surface area contributed by atoms with Crippen molar-refractivity contribution in [3.8, 4) is 28.0 Å². The quantitative estimate of drug-likeness (QED) is 0.205. The molecule has 2 unspecified atom stereocenters. The van der Waals surface area contributed by atoms with Gasteiger partial charge in [0.05, 0.1) is 7.11 Å². The van der Waals surface area contributed by atoms with Crippen molar-refractivity contribution in [1.29, 1.82) is 0 Å². The average molecular weight is 671 g/mol. The van der Waals surface area contributed by atoms with Gasteiger partial charge in [0, 0.05) is 21.6 Å². The Bertz CT molecular complexity index is 1960. The third-order valence-electron chi connectivity index (χ3n) is 11.0. The third-order valence-corrected chi connectivity index (χ3v) is 14.6. The minimum absolute atomic E-state index is 0.0752. The van der Waals surface area contributed by atoms with Crippen molar-refractivity contribution in [1.82, 2.24) is 0 Å². The maximum Gasteiger partial charge on any atom is 0.131 e. The molecule has 4 aromatic rings. The highest BCUT2D eigenvalue weighted by molar-refractivity contribution is 8.33. The fraction of sp³-hybridized carbons (Fsp3) is 0.404. The van der Waals surface area contributed by atoms with E-state index >= 15 is 0 Å². The van der Waals surface area contributed by atoms with Gasteiger partial charge >= 0.3 is 0 Å². The number of fused-ring (bicyclic) bond motifs is 2. The summed E-state index contributed by atoms with van der Waals surface area (Å²) in [6, 6.07) is 28.0. The van der Waals surface area contributed by atoms with Crippen LogP contribution in [0.4, 0.5) is 0 Å². The van der Waals surface area contributed by atoms with Gasteiger partial charge in [-0.3, -0.25) is 0 Å². The zero-order chi connectivity index (χ0) is 35.8. The lowest BCUT2D eigenvalue weighted by Crippen LogP contribution is -2.19. The number of benzene rings is 4. The number of rotatable bonds is 5. The summed E-state index contributed by atoms with van der Waals surface area (Å²) in [5.41, 5.74) is 17.9. The largest absolute Gasteiger partial charge is 0.496 e. The molecule has 258 valence electrons. The summed E-state index contributed by atoms with van der Waals surface area (Å²) in [7, 11) is 0.574. The molecule has 0 fully saturated rings. The summed E-state index contributed by atoms with van der Waals surface area (Å²) in [4.78, 5) is 0. The fourth-order valence-corrected chi connectivity index (χ4v) is 12.5. The maximum atomic E-state index is 6.35. The molecule has 4 aromatic carbocycles. The lowest BCUT2D eigenvalue weighted by Gasteiger charge is -2.46. The van der Waals surface area contributed by atoms with Crippen molar-refractivity contribution >= 4 is 22.2 Å². The zero-order valence-electron chi connectivity index (χ0n) is 32.6. The minimum Gasteiger partial charge on any atom is -0.496 e. The van der Waals surface area contributed by atoms with E-state index in [1.807, 2.05) is 7.11 Å². The number of ether oxygens (including phenoxy) is 1. The summed E-state index contributed by atoms with van der Waals surface area (Å²) < 4.78 is 6.35. The van der Waals surface area contributed by atoms with Crippen LogP contribution in [0.15, 0.2) is 83.9 Å². The molecule has 0 radical (unpaired) electrons. The van der Waals surface area contributed by atoms with Gasteiger partial charge in [0.2, 0.25) is 0 Å². The van der Waals surface area contributed by atoms with E-state index in [0.717, 1.165) is 5.75 Å². The van der Waals surface area contributed by atoms with Crippen LogP contribution in [-0.4, -0.2) is 19.6 Å². The molecule has 0 saturated heterocycles. The van der Waals surface area contributed by atoms with E-state index in [9.17, 15) is 0 Å². The van der Waals surface area contributed by atoms with Gasteiger partial charge in [-0.1, -0.05) is 152 Å². The topological polar surface area (TPSA) is 9.23 Å². The Balaban J connectivity index is 1.49. The van der Waals surface area contributed by atoms with Crippen molar-refractivity contribution in [2.45, 2.75) is 103 Å². The number of hydrogen-bond acceptors (Lipinski definition) is 1. The SMILES string of the molecule is COc1c(C(C)(C)C)cc2c(c1-c1ccc(C(C)(C)C)cc1)C=C(C)C2S(C)(C)C1C(C)=Cc2c(-c3ccc(C(C)(C)C)cc3)cccc21. The van der Waals surface area contributed by atoms with Crippen LogP contribution >= 0.6 is 10.0 Å². The molecule has 49 heavy (non-hydrogen) atoms. The first-order chi connectivity index (χ1) is 22.7. The second kappa shape index (κ2) is 12.1. The summed E-state index contributed by atoms with van der Waals surface area (Å²) in [6.45, 7) is 25.4. The van der Waals surface area contributed by atoms with Crippen molar-refractivity contribution in [2.75, 3.05) is 19.6 Å². The second-order valence-electron chi connectivity index (χ2n) is 18.1. The molecule has 0 aromatic heterocycles. The molecule has 6 rings (SSSR count). The number of hydrogen-bond donors (Lipinski definition) is 0. The first kappa shape index (κ1) is 35.3. The van der Waals surface area contributed by atoms with Crippen LogP contribution in [0.1, 0.15) is 126 Å². The van der Waals surface area contributed by atoms with Crippen LogP contribution in [-0.2, 0) is 16.2 Å². The second-order valence-corrected chi connectivity index (χ2v) is 22.0. The molecule has 2 heteroatoms. The van der Waals surface area contributed by atoms with Crippen molar-refractivity contribution < 1.29 is 4.74 Å². The monoisotopic (exact) mass is 670 g/mol. The van der Waals surface area contributed by atoms with E-state index in [4.69, 9.17) is 4.74 Å². The van der Waals surface area contributed by atoms with Crippen molar-refractivity contribution in [3.63, 3.8) is 0 Å². The van der Waals surface area contributed by atoms with E-state index in [1.165, 1.54) is 72.3 Å². The van der Waals surface area contributed by atoms with Gasteiger partial charge in [0.15, 0.2) is 0 Å². The smallest absolute Gasteiger partial charge is 0.131 e. The van der Waals surface area contributed by atoms with Crippen LogP contribution in [0.25, 0.3) is 34.4 Å². The van der Waals surface area contributed by atoms with Gasteiger partial charge in [-0.25, -0.2) is 10.0 Å². The fourth-order valence-electron chi connectivity index (χ4n) is 8.49. The molecular weight excluding hydrogens is 613 g/mol. The first-order valence-corrected chi connectivity index (χ1v) is 20.5. The van der Waals surface area contributed by atoms with Gasteiger partial charge in [0.25, 0.3) is 0 Å². The van der Waals surface area contributed by atoms with E-state index in [1.54, 1.807) is 0 Å². The Labute approximate surface area is 299 Å². The summed E-state index contributed by atoms with van der Waals surface area (Å²) in [5, 5.41) is 0.724. The van der Waals surface area contributed by atoms with Gasteiger partial charge in [-0.15, -0.1) is 0 Å². The first-order valence-electron chi connectivity index (χ1n) is 17.9. The number of methoxy groups -OCH3 is 1. The average Bonchev–Trinajstić information content (AvgIpc) is 3.54. The maximum absolute atomic E-state index is 6.35. The van der Waals surface area contributed by atoms with E-state index in [2.05, 4.69) is 174 Å². The molecule has 0 saturated carbocycles. The van der Waals surface area contributed by atoms with Gasteiger partial charge in [0.1, 0.15) is 5.75 Å². The predicted octanol–water partition coefficient (Wildman–Crippen LogP) is 13.6. The van der Waals surface area contributed by atoms with Crippen molar-refractivity contribution in [2.24, 2.45) is 0 Å². The molecule has 0 N–H and O–H groups in total. The molecule has 0 aliphatic heterocycles. The zero-order valence-corrected chi connectivity index (χ0v) is 33.4. The molecule has 0 heterocycles. The van der Waals surface area contributed by atoms with Gasteiger partial charge in [-0.2, -0.15) is 0 Å². The van der Waals surface area contributed by atoms with Crippen LogP contribution in [0, 0.1) is 0 Å². The van der Waals surface area contributed by atoms with Gasteiger partial charge in [-0.05, 0) is 98.7 Å². The summed E-state index contributed by atoms with van der Waals surface area (Å²) in [5.74, 6) is 1.01. The molecule has 0 bridgehead atoms. The molecule has 2 aliphatic rings. The van der Waals surface area contributed by atoms with E-state index in [0.29, 0.717) is 10.5 Å². The highest BCUT2D eigenvalue weighted by Gasteiger charge is 2.44. The Morgan fingerprint density at radius 3 is 1.55 bits per heavy atom. The van der Waals surface area contributed by atoms with Crippen LogP contribution < -0.4 is 4.74 Å². The molecule has 0 spiro atoms. The summed E-state index contributed by atoms with van der Waals surface area (Å²) in [6.07, 6.45) is 10.2. The Kier molecular flexibility index (Phi) is 8.71. The minimum atomic E-state index is -1.27. The molecule has 2 aliphatic carbocycles. The highest BCUT2D eigenvalue weighted by Crippen LogP contribution is 2.73. The van der Waals surface area contributed by atoms with E-state index < -0.39 is 10.0 Å². The van der Waals surface area contributed by atoms with Crippen molar-refractivity contribution in [3.05, 3.63) is 123 Å². The van der Waals surface area contributed by atoms with Gasteiger partial charge < -0.3 is 4.74 Å². The Morgan fingerprint density at radius 2 is 1.06 bits per heavy atom. The predicted molar refractivity (Wildman–Crippen MR) is 219 cm³/mol. The Morgan fingerprint density at radius 1 is 0.571 bits per heavy atom. The van der Waals surface area contributed by atoms with Crippen LogP contribution in [0.2, 0.25) is 0 Å². The third kappa shape index (κ3) is 6.13. The molecule has 0 amide bonds. The lowest BCUT2D eigenvalue weighted by atomic mass is 9.80. The molecule has 1 nitrogen and oxygen atoms in total. The van der Waals surface area contributed by atoms with Crippen LogP contribution in [0.3, 0.4) is 0 Å². The normalized spacial score (nSPS) is 18.2. The standard InChI is InChI=1S/C47H58OS/c1-29-26-37-35(31-18-22-33(23-19-31)45(3,4)5)16-15-17-36(37)43(29)49(13,14)44-30(2)27-38-39(44)28-40(47(9,10)11)42(48-12)41(38)32-20-24-34(25-21-32)46(6,7)8/h15-28,43-44H,1-14H3. The molecular formula is C47H58OS. The highest BCUT2D eigenvalue weighted by atomic mass is 32.3. The lowest BCUT2D eigenvalue weighted by molar-refractivity contribution is 0.399. The van der Waals surface area contributed by atoms with Crippen LogP contribution in [0.5, 0.6) is 5.75 Å². The summed E-state index contributed by atoms with van der Waals surface area (Å²) >= 11 is 0. The molecule has 2 atom stereocenters. The van der Waals surface area contributed by atoms with E-state index in [-0.39, 0.29) is 16.2 Å². The Hall–Kier alpha value is -3.49.